The van der Waals surface area contributed by atoms with Gasteiger partial charge in [-0.1, -0.05) is 85.8 Å². The Morgan fingerprint density at radius 2 is 1.75 bits per heavy atom. The first kappa shape index (κ1) is 28.0. The molecule has 1 aromatic heterocycles. The van der Waals surface area contributed by atoms with Gasteiger partial charge in [-0.15, -0.1) is 0 Å². The van der Waals surface area contributed by atoms with E-state index in [0.717, 1.165) is 24.7 Å². The molecule has 1 amide bonds. The lowest BCUT2D eigenvalue weighted by Crippen LogP contribution is -2.43. The van der Waals surface area contributed by atoms with Crippen LogP contribution in [0, 0.1) is 0 Å². The van der Waals surface area contributed by atoms with Crippen molar-refractivity contribution in [3.8, 4) is 11.3 Å². The average Bonchev–Trinajstić information content (AvgIpc) is 2.93. The summed E-state index contributed by atoms with van der Waals surface area (Å²) in [7, 11) is 2.28. The van der Waals surface area contributed by atoms with Crippen molar-refractivity contribution in [3.63, 3.8) is 0 Å². The minimum atomic E-state index is -1.05. The molecule has 0 spiro atoms. The van der Waals surface area contributed by atoms with Crippen molar-refractivity contribution in [2.45, 2.75) is 26.3 Å². The van der Waals surface area contributed by atoms with Crippen LogP contribution in [0.5, 0.6) is 0 Å². The van der Waals surface area contributed by atoms with E-state index in [-0.39, 0.29) is 11.3 Å². The molecule has 7 nitrogen and oxygen atoms in total. The van der Waals surface area contributed by atoms with E-state index in [9.17, 15) is 9.59 Å². The standard InChI is InChI=1S/C28H29N3O3.CH4O/c1-5-18(3)16-17-19(6-2)26(28(33)34-4)31-27(32)23-21-14-10-11-15-22(21)30-25(24(23)29)20-12-8-7-9-13-20;1-2/h6-17,26H,2,5,29H2,1,3-4H3,(H,31,32);2H,1H3/b18-16+,19-17+;. The highest BCUT2D eigenvalue weighted by Crippen LogP contribution is 2.32. The molecule has 4 N–H and O–H groups in total. The molecular formula is C29H33N3O4. The predicted molar refractivity (Wildman–Crippen MR) is 145 cm³/mol. The molecule has 0 fully saturated rings. The molecule has 1 atom stereocenters. The highest BCUT2D eigenvalue weighted by molar-refractivity contribution is 6.13. The number of pyridine rings is 1. The lowest BCUT2D eigenvalue weighted by molar-refractivity contribution is -0.141. The van der Waals surface area contributed by atoms with Crippen LogP contribution in [0.15, 0.2) is 90.6 Å². The molecule has 3 aromatic rings. The third-order valence-electron chi connectivity index (χ3n) is 5.60. The molecule has 3 rings (SSSR count). The van der Waals surface area contributed by atoms with E-state index in [1.54, 1.807) is 12.1 Å². The number of rotatable bonds is 8. The normalized spacial score (nSPS) is 12.2. The molecule has 0 aliphatic carbocycles. The van der Waals surface area contributed by atoms with Crippen molar-refractivity contribution in [1.29, 1.82) is 0 Å². The van der Waals surface area contributed by atoms with Gasteiger partial charge < -0.3 is 20.9 Å². The van der Waals surface area contributed by atoms with Gasteiger partial charge in [0.05, 0.1) is 29.6 Å². The van der Waals surface area contributed by atoms with Gasteiger partial charge in [-0.25, -0.2) is 9.78 Å². The summed E-state index contributed by atoms with van der Waals surface area (Å²) in [6.07, 6.45) is 6.04. The number of nitrogens with one attached hydrogen (secondary N) is 1. The number of para-hydroxylation sites is 1. The molecule has 0 aliphatic rings. The average molecular weight is 488 g/mol. The van der Waals surface area contributed by atoms with Gasteiger partial charge in [-0.05, 0) is 25.0 Å². The number of aliphatic hydroxyl groups is 1. The third kappa shape index (κ3) is 6.46. The largest absolute Gasteiger partial charge is 0.467 e. The maximum Gasteiger partial charge on any atom is 0.333 e. The molecule has 0 saturated carbocycles. The van der Waals surface area contributed by atoms with E-state index >= 15 is 0 Å². The van der Waals surface area contributed by atoms with E-state index in [1.807, 2.05) is 68.5 Å². The van der Waals surface area contributed by atoms with Crippen molar-refractivity contribution in [1.82, 2.24) is 10.3 Å². The summed E-state index contributed by atoms with van der Waals surface area (Å²) in [4.78, 5) is 30.9. The molecule has 0 saturated heterocycles. The number of carbonyl (C=O) groups excluding carboxylic acids is 2. The number of carbonyl (C=O) groups is 2. The summed E-state index contributed by atoms with van der Waals surface area (Å²) in [5, 5.41) is 10.4. The molecule has 7 heteroatoms. The fourth-order valence-corrected chi connectivity index (χ4v) is 3.53. The van der Waals surface area contributed by atoms with Crippen molar-refractivity contribution >= 4 is 28.5 Å². The van der Waals surface area contributed by atoms with Crippen LogP contribution in [0.2, 0.25) is 0 Å². The number of nitrogen functional groups attached to an aromatic ring is 1. The van der Waals surface area contributed by atoms with Gasteiger partial charge in [0.1, 0.15) is 0 Å². The van der Waals surface area contributed by atoms with Crippen LogP contribution < -0.4 is 11.1 Å². The first-order valence-electron chi connectivity index (χ1n) is 11.5. The zero-order chi connectivity index (χ0) is 26.7. The van der Waals surface area contributed by atoms with Crippen LogP contribution in [0.4, 0.5) is 5.69 Å². The third-order valence-corrected chi connectivity index (χ3v) is 5.60. The fourth-order valence-electron chi connectivity index (χ4n) is 3.53. The Morgan fingerprint density at radius 3 is 2.36 bits per heavy atom. The maximum absolute atomic E-state index is 13.6. The van der Waals surface area contributed by atoms with Crippen LogP contribution in [-0.2, 0) is 9.53 Å². The lowest BCUT2D eigenvalue weighted by Gasteiger charge is -2.20. The van der Waals surface area contributed by atoms with E-state index in [4.69, 9.17) is 20.6 Å². The Kier molecular flexibility index (Phi) is 10.6. The fraction of sp³-hybridized carbons (Fsp3) is 0.207. The lowest BCUT2D eigenvalue weighted by atomic mass is 9.99. The van der Waals surface area contributed by atoms with E-state index < -0.39 is 17.9 Å². The van der Waals surface area contributed by atoms with Crippen molar-refractivity contribution < 1.29 is 19.4 Å². The number of hydrogen-bond acceptors (Lipinski definition) is 6. The summed E-state index contributed by atoms with van der Waals surface area (Å²) in [6.45, 7) is 7.83. The van der Waals surface area contributed by atoms with Crippen molar-refractivity contribution in [2.75, 3.05) is 20.0 Å². The zero-order valence-electron chi connectivity index (χ0n) is 21.1. The second kappa shape index (κ2) is 13.6. The minimum absolute atomic E-state index is 0.233. The van der Waals surface area contributed by atoms with Gasteiger partial charge in [0, 0.05) is 18.1 Å². The van der Waals surface area contributed by atoms with Crippen molar-refractivity contribution in [3.05, 3.63) is 96.1 Å². The SMILES string of the molecule is C=C/C(=C\C=C(/C)CC)C(NC(=O)c1c(N)c(-c2ccccc2)nc2ccccc12)C(=O)OC.CO. The topological polar surface area (TPSA) is 115 Å². The minimum Gasteiger partial charge on any atom is -0.467 e. The monoisotopic (exact) mass is 487 g/mol. The van der Waals surface area contributed by atoms with Crippen LogP contribution in [-0.4, -0.2) is 42.2 Å². The number of anilines is 1. The Morgan fingerprint density at radius 1 is 1.11 bits per heavy atom. The number of aromatic nitrogens is 1. The van der Waals surface area contributed by atoms with E-state index in [1.165, 1.54) is 13.2 Å². The summed E-state index contributed by atoms with van der Waals surface area (Å²) in [5.41, 5.74) is 10.5. The van der Waals surface area contributed by atoms with Gasteiger partial charge in [-0.3, -0.25) is 4.79 Å². The van der Waals surface area contributed by atoms with Crippen LogP contribution in [0.1, 0.15) is 30.6 Å². The smallest absolute Gasteiger partial charge is 0.333 e. The number of allylic oxidation sites excluding steroid dienone is 3. The Bertz CT molecular complexity index is 1280. The molecule has 188 valence electrons. The number of methoxy groups -OCH3 is 1. The number of fused-ring (bicyclic) bond motifs is 1. The highest BCUT2D eigenvalue weighted by atomic mass is 16.5. The molecule has 36 heavy (non-hydrogen) atoms. The highest BCUT2D eigenvalue weighted by Gasteiger charge is 2.27. The van der Waals surface area contributed by atoms with Crippen LogP contribution in [0.3, 0.4) is 0 Å². The summed E-state index contributed by atoms with van der Waals surface area (Å²) in [6, 6.07) is 15.6. The van der Waals surface area contributed by atoms with Gasteiger partial charge in [0.15, 0.2) is 6.04 Å². The first-order valence-corrected chi connectivity index (χ1v) is 11.5. The maximum atomic E-state index is 13.6. The van der Waals surface area contributed by atoms with Gasteiger partial charge in [0.2, 0.25) is 0 Å². The Labute approximate surface area is 212 Å². The van der Waals surface area contributed by atoms with Gasteiger partial charge >= 0.3 is 5.97 Å². The number of aliphatic hydroxyl groups excluding tert-OH is 1. The summed E-state index contributed by atoms with van der Waals surface area (Å²) >= 11 is 0. The number of ether oxygens (including phenoxy) is 1. The predicted octanol–water partition coefficient (Wildman–Crippen LogP) is 4.83. The van der Waals surface area contributed by atoms with E-state index in [2.05, 4.69) is 11.9 Å². The summed E-state index contributed by atoms with van der Waals surface area (Å²) in [5.74, 6) is -1.12. The number of nitrogens with zero attached hydrogens (tertiary/aromatic N) is 1. The van der Waals surface area contributed by atoms with Crippen LogP contribution in [0.25, 0.3) is 22.2 Å². The number of nitrogens with two attached hydrogens (primary N) is 1. The molecule has 1 unspecified atom stereocenters. The number of hydrogen-bond donors (Lipinski definition) is 3. The molecule has 1 heterocycles. The van der Waals surface area contributed by atoms with Crippen LogP contribution >= 0.6 is 0 Å². The molecular weight excluding hydrogens is 454 g/mol. The second-order valence-corrected chi connectivity index (χ2v) is 7.80. The number of esters is 1. The second-order valence-electron chi connectivity index (χ2n) is 7.80. The molecule has 0 bridgehead atoms. The quantitative estimate of drug-likeness (QED) is 0.310. The number of amides is 1. The number of benzene rings is 2. The van der Waals surface area contributed by atoms with E-state index in [0.29, 0.717) is 22.2 Å². The molecule has 0 radical (unpaired) electrons. The molecule has 2 aromatic carbocycles. The molecule has 0 aliphatic heterocycles. The Balaban J connectivity index is 0.00000222. The van der Waals surface area contributed by atoms with Gasteiger partial charge in [-0.2, -0.15) is 0 Å². The summed E-state index contributed by atoms with van der Waals surface area (Å²) < 4.78 is 4.97. The van der Waals surface area contributed by atoms with Gasteiger partial charge in [0.25, 0.3) is 5.91 Å². The van der Waals surface area contributed by atoms with Crippen molar-refractivity contribution in [2.24, 2.45) is 0 Å². The Hall–Kier alpha value is -4.23. The first-order chi connectivity index (χ1) is 17.4. The zero-order valence-corrected chi connectivity index (χ0v) is 21.1.